The second kappa shape index (κ2) is 8.06. The van der Waals surface area contributed by atoms with Crippen molar-refractivity contribution in [3.05, 3.63) is 53.3 Å². The summed E-state index contributed by atoms with van der Waals surface area (Å²) in [4.78, 5) is 32.8. The van der Waals surface area contributed by atoms with E-state index in [0.717, 1.165) is 33.9 Å². The molecule has 0 aliphatic heterocycles. The second-order valence-corrected chi connectivity index (χ2v) is 7.83. The number of nitrogens with zero attached hydrogens (tertiary/aromatic N) is 2. The topological polar surface area (TPSA) is 84.0 Å². The zero-order chi connectivity index (χ0) is 19.5. The van der Waals surface area contributed by atoms with Gasteiger partial charge in [0.05, 0.1) is 5.52 Å². The van der Waals surface area contributed by atoms with Crippen molar-refractivity contribution in [3.8, 4) is 0 Å². The molecule has 3 aromatic rings. The van der Waals surface area contributed by atoms with Crippen LogP contribution in [0.4, 0.5) is 17.2 Å². The highest BCUT2D eigenvalue weighted by molar-refractivity contribution is 9.10. The van der Waals surface area contributed by atoms with Gasteiger partial charge in [0.15, 0.2) is 0 Å². The molecule has 1 saturated carbocycles. The summed E-state index contributed by atoms with van der Waals surface area (Å²) in [5, 5.41) is 7.05. The van der Waals surface area contributed by atoms with Crippen LogP contribution in [0.5, 0.6) is 0 Å². The van der Waals surface area contributed by atoms with Crippen LogP contribution in [0.15, 0.2) is 53.3 Å². The molecule has 6 nitrogen and oxygen atoms in total. The van der Waals surface area contributed by atoms with Crippen molar-refractivity contribution in [2.75, 3.05) is 10.6 Å². The molecule has 1 aliphatic carbocycles. The Labute approximate surface area is 170 Å². The van der Waals surface area contributed by atoms with Gasteiger partial charge in [0, 0.05) is 40.0 Å². The van der Waals surface area contributed by atoms with Gasteiger partial charge >= 0.3 is 0 Å². The molecule has 1 fully saturated rings. The van der Waals surface area contributed by atoms with E-state index in [1.807, 2.05) is 42.5 Å². The molecule has 7 heteroatoms. The van der Waals surface area contributed by atoms with Crippen LogP contribution in [-0.2, 0) is 9.59 Å². The summed E-state index contributed by atoms with van der Waals surface area (Å²) in [5.41, 5.74) is 2.34. The average Bonchev–Trinajstić information content (AvgIpc) is 2.68. The second-order valence-electron chi connectivity index (χ2n) is 6.91. The van der Waals surface area contributed by atoms with E-state index in [4.69, 9.17) is 0 Å². The smallest absolute Gasteiger partial charge is 0.227 e. The lowest BCUT2D eigenvalue weighted by atomic mass is 9.87. The van der Waals surface area contributed by atoms with Crippen LogP contribution in [0.1, 0.15) is 25.7 Å². The summed E-state index contributed by atoms with van der Waals surface area (Å²) in [5.74, 6) is 0.472. The van der Waals surface area contributed by atoms with Crippen molar-refractivity contribution in [3.63, 3.8) is 0 Å². The molecule has 28 heavy (non-hydrogen) atoms. The SMILES string of the molecule is O=C1CCCC(C(=O)Nc2ccc3ncnc(Nc4cccc(Br)c4)c3c2)C1. The highest BCUT2D eigenvalue weighted by Crippen LogP contribution is 2.28. The third kappa shape index (κ3) is 4.20. The van der Waals surface area contributed by atoms with E-state index in [0.29, 0.717) is 24.3 Å². The zero-order valence-electron chi connectivity index (χ0n) is 15.1. The van der Waals surface area contributed by atoms with Crippen molar-refractivity contribution in [1.29, 1.82) is 0 Å². The Morgan fingerprint density at radius 2 is 2.00 bits per heavy atom. The zero-order valence-corrected chi connectivity index (χ0v) is 16.7. The summed E-state index contributed by atoms with van der Waals surface area (Å²) < 4.78 is 0.964. The first-order chi connectivity index (χ1) is 13.6. The number of carbonyl (C=O) groups is 2. The number of carbonyl (C=O) groups excluding carboxylic acids is 2. The first kappa shape index (κ1) is 18.6. The van der Waals surface area contributed by atoms with Gasteiger partial charge in [0.2, 0.25) is 5.91 Å². The highest BCUT2D eigenvalue weighted by atomic mass is 79.9. The standard InChI is InChI=1S/C21H19BrN4O2/c22-14-4-2-5-15(10-14)25-20-18-11-16(7-8-19(18)23-12-24-20)26-21(28)13-3-1-6-17(27)9-13/h2,4-5,7-8,10-13H,1,3,6,9H2,(H,26,28)(H,23,24,25). The number of fused-ring (bicyclic) bond motifs is 1. The van der Waals surface area contributed by atoms with Gasteiger partial charge in [0.1, 0.15) is 17.9 Å². The first-order valence-electron chi connectivity index (χ1n) is 9.18. The Morgan fingerprint density at radius 1 is 1.11 bits per heavy atom. The molecule has 1 amide bonds. The molecule has 1 unspecified atom stereocenters. The normalized spacial score (nSPS) is 16.8. The van der Waals surface area contributed by atoms with E-state index >= 15 is 0 Å². The third-order valence-corrected chi connectivity index (χ3v) is 5.34. The Hall–Kier alpha value is -2.80. The summed E-state index contributed by atoms with van der Waals surface area (Å²) in [6.45, 7) is 0. The van der Waals surface area contributed by atoms with E-state index in [1.165, 1.54) is 6.33 Å². The van der Waals surface area contributed by atoms with E-state index in [9.17, 15) is 9.59 Å². The molecule has 1 heterocycles. The summed E-state index contributed by atoms with van der Waals surface area (Å²) >= 11 is 3.46. The molecule has 2 N–H and O–H groups in total. The molecule has 1 aliphatic rings. The van der Waals surface area contributed by atoms with Crippen LogP contribution in [-0.4, -0.2) is 21.7 Å². The van der Waals surface area contributed by atoms with Crippen LogP contribution >= 0.6 is 15.9 Å². The Morgan fingerprint density at radius 3 is 2.82 bits per heavy atom. The van der Waals surface area contributed by atoms with E-state index in [-0.39, 0.29) is 17.6 Å². The first-order valence-corrected chi connectivity index (χ1v) is 9.98. The third-order valence-electron chi connectivity index (χ3n) is 4.84. The van der Waals surface area contributed by atoms with E-state index in [1.54, 1.807) is 0 Å². The number of hydrogen-bond donors (Lipinski definition) is 2. The number of ketones is 1. The number of hydrogen-bond acceptors (Lipinski definition) is 5. The van der Waals surface area contributed by atoms with Gasteiger partial charge < -0.3 is 10.6 Å². The summed E-state index contributed by atoms with van der Waals surface area (Å²) in [6, 6.07) is 13.3. The Bertz CT molecular complexity index is 1050. The fourth-order valence-corrected chi connectivity index (χ4v) is 3.83. The van der Waals surface area contributed by atoms with Gasteiger partial charge in [0.25, 0.3) is 0 Å². The van der Waals surface area contributed by atoms with Gasteiger partial charge in [-0.05, 0) is 49.2 Å². The number of aromatic nitrogens is 2. The molecule has 0 bridgehead atoms. The number of anilines is 3. The van der Waals surface area contributed by atoms with Gasteiger partial charge in [-0.3, -0.25) is 9.59 Å². The molecular weight excluding hydrogens is 420 g/mol. The Kier molecular flexibility index (Phi) is 5.34. The monoisotopic (exact) mass is 438 g/mol. The van der Waals surface area contributed by atoms with Crippen LogP contribution in [0.2, 0.25) is 0 Å². The molecule has 4 rings (SSSR count). The van der Waals surface area contributed by atoms with Crippen LogP contribution in [0.3, 0.4) is 0 Å². The van der Waals surface area contributed by atoms with Gasteiger partial charge in [-0.15, -0.1) is 0 Å². The van der Waals surface area contributed by atoms with Crippen molar-refractivity contribution in [2.45, 2.75) is 25.7 Å². The summed E-state index contributed by atoms with van der Waals surface area (Å²) in [6.07, 6.45) is 3.96. The van der Waals surface area contributed by atoms with Gasteiger partial charge in [-0.2, -0.15) is 0 Å². The maximum atomic E-state index is 12.5. The number of halogens is 1. The number of Topliss-reactive ketones (excluding diaryl/α,β-unsaturated/α-hetero) is 1. The molecule has 0 radical (unpaired) electrons. The lowest BCUT2D eigenvalue weighted by Gasteiger charge is -2.20. The lowest BCUT2D eigenvalue weighted by Crippen LogP contribution is -2.28. The molecule has 1 atom stereocenters. The van der Waals surface area contributed by atoms with Crippen LogP contribution < -0.4 is 10.6 Å². The maximum Gasteiger partial charge on any atom is 0.227 e. The lowest BCUT2D eigenvalue weighted by molar-refractivity contribution is -0.128. The summed E-state index contributed by atoms with van der Waals surface area (Å²) in [7, 11) is 0. The fourth-order valence-electron chi connectivity index (χ4n) is 3.43. The predicted octanol–water partition coefficient (Wildman–Crippen LogP) is 4.83. The van der Waals surface area contributed by atoms with Crippen molar-refractivity contribution in [2.24, 2.45) is 5.92 Å². The van der Waals surface area contributed by atoms with E-state index < -0.39 is 0 Å². The minimum Gasteiger partial charge on any atom is -0.340 e. The van der Waals surface area contributed by atoms with Crippen LogP contribution in [0.25, 0.3) is 10.9 Å². The van der Waals surface area contributed by atoms with Crippen molar-refractivity contribution < 1.29 is 9.59 Å². The number of nitrogens with one attached hydrogen (secondary N) is 2. The molecule has 0 spiro atoms. The van der Waals surface area contributed by atoms with Gasteiger partial charge in [-0.25, -0.2) is 9.97 Å². The van der Waals surface area contributed by atoms with E-state index in [2.05, 4.69) is 36.5 Å². The largest absolute Gasteiger partial charge is 0.340 e. The predicted molar refractivity (Wildman–Crippen MR) is 113 cm³/mol. The number of amides is 1. The number of rotatable bonds is 4. The molecule has 1 aromatic heterocycles. The molecular formula is C21H19BrN4O2. The minimum absolute atomic E-state index is 0.106. The Balaban J connectivity index is 1.59. The molecule has 2 aromatic carbocycles. The van der Waals surface area contributed by atoms with Crippen molar-refractivity contribution >= 4 is 55.7 Å². The average molecular weight is 439 g/mol. The molecule has 0 saturated heterocycles. The van der Waals surface area contributed by atoms with Crippen LogP contribution in [0, 0.1) is 5.92 Å². The highest BCUT2D eigenvalue weighted by Gasteiger charge is 2.25. The van der Waals surface area contributed by atoms with Gasteiger partial charge in [-0.1, -0.05) is 22.0 Å². The maximum absolute atomic E-state index is 12.5. The number of benzene rings is 2. The fraction of sp³-hybridized carbons (Fsp3) is 0.238. The molecule has 142 valence electrons. The van der Waals surface area contributed by atoms with Crippen molar-refractivity contribution in [1.82, 2.24) is 9.97 Å². The minimum atomic E-state index is -0.247. The quantitative estimate of drug-likeness (QED) is 0.608.